The number of rotatable bonds is 4. The van der Waals surface area contributed by atoms with Gasteiger partial charge < -0.3 is 14.2 Å². The summed E-state index contributed by atoms with van der Waals surface area (Å²) >= 11 is 1.56. The molecule has 0 N–H and O–H groups in total. The van der Waals surface area contributed by atoms with Crippen LogP contribution >= 0.6 is 11.3 Å². The van der Waals surface area contributed by atoms with Crippen molar-refractivity contribution in [2.45, 2.75) is 6.29 Å². The van der Waals surface area contributed by atoms with Crippen molar-refractivity contribution in [2.75, 3.05) is 21.3 Å². The third-order valence-electron chi connectivity index (χ3n) is 1.49. The van der Waals surface area contributed by atoms with E-state index < -0.39 is 0 Å². The first-order valence-electron chi connectivity index (χ1n) is 3.49. The predicted molar refractivity (Wildman–Crippen MR) is 47.6 cm³/mol. The molecule has 0 amide bonds. The maximum Gasteiger partial charge on any atom is 0.192 e. The van der Waals surface area contributed by atoms with E-state index in [4.69, 9.17) is 14.2 Å². The van der Waals surface area contributed by atoms with Crippen LogP contribution in [0.4, 0.5) is 0 Å². The van der Waals surface area contributed by atoms with Crippen LogP contribution in [0, 0.1) is 0 Å². The van der Waals surface area contributed by atoms with Crippen LogP contribution in [0.5, 0.6) is 5.75 Å². The van der Waals surface area contributed by atoms with E-state index in [0.29, 0.717) is 0 Å². The molecule has 0 saturated carbocycles. The molecule has 0 unspecified atom stereocenters. The summed E-state index contributed by atoms with van der Waals surface area (Å²) in [5, 5.41) is 1.92. The molecule has 4 heteroatoms. The van der Waals surface area contributed by atoms with Gasteiger partial charge in [-0.25, -0.2) is 0 Å². The van der Waals surface area contributed by atoms with Crippen molar-refractivity contribution in [3.05, 3.63) is 16.3 Å². The summed E-state index contributed by atoms with van der Waals surface area (Å²) in [7, 11) is 4.86. The lowest BCUT2D eigenvalue weighted by atomic mass is 10.4. The van der Waals surface area contributed by atoms with Crippen LogP contribution < -0.4 is 4.74 Å². The van der Waals surface area contributed by atoms with Gasteiger partial charge in [-0.1, -0.05) is 0 Å². The molecule has 68 valence electrons. The molecule has 0 aliphatic heterocycles. The standard InChI is InChI=1S/C8H12O3S/c1-9-6-4-7(12-5-6)8(10-2)11-3/h4-5,8H,1-3H3. The minimum absolute atomic E-state index is 0.279. The highest BCUT2D eigenvalue weighted by Crippen LogP contribution is 2.28. The molecule has 0 aromatic carbocycles. The van der Waals surface area contributed by atoms with E-state index >= 15 is 0 Å². The van der Waals surface area contributed by atoms with E-state index in [-0.39, 0.29) is 6.29 Å². The van der Waals surface area contributed by atoms with Crippen molar-refractivity contribution in [3.63, 3.8) is 0 Å². The Balaban J connectivity index is 2.72. The van der Waals surface area contributed by atoms with E-state index in [1.807, 2.05) is 11.4 Å². The average molecular weight is 188 g/mol. The minimum Gasteiger partial charge on any atom is -0.496 e. The van der Waals surface area contributed by atoms with E-state index in [0.717, 1.165) is 10.6 Å². The van der Waals surface area contributed by atoms with Gasteiger partial charge >= 0.3 is 0 Å². The number of ether oxygens (including phenoxy) is 3. The molecule has 1 aromatic heterocycles. The van der Waals surface area contributed by atoms with Gasteiger partial charge in [0.05, 0.1) is 12.0 Å². The van der Waals surface area contributed by atoms with Gasteiger partial charge in [0.2, 0.25) is 0 Å². The second-order valence-corrected chi connectivity index (χ2v) is 3.14. The Hall–Kier alpha value is -0.580. The lowest BCUT2D eigenvalue weighted by molar-refractivity contribution is -0.103. The Bertz CT molecular complexity index is 230. The van der Waals surface area contributed by atoms with Crippen molar-refractivity contribution in [2.24, 2.45) is 0 Å². The van der Waals surface area contributed by atoms with E-state index in [1.165, 1.54) is 0 Å². The lowest BCUT2D eigenvalue weighted by Gasteiger charge is -2.09. The van der Waals surface area contributed by atoms with Gasteiger partial charge in [-0.2, -0.15) is 0 Å². The number of thiophene rings is 1. The molecule has 1 rings (SSSR count). The summed E-state index contributed by atoms with van der Waals surface area (Å²) in [4.78, 5) is 1.01. The molecule has 0 fully saturated rings. The summed E-state index contributed by atoms with van der Waals surface area (Å²) in [5.74, 6) is 0.842. The third kappa shape index (κ3) is 1.97. The monoisotopic (exact) mass is 188 g/mol. The fourth-order valence-electron chi connectivity index (χ4n) is 0.894. The summed E-state index contributed by atoms with van der Waals surface area (Å²) < 4.78 is 15.2. The SMILES string of the molecule is COc1csc(C(OC)OC)c1. The Labute approximate surface area is 75.9 Å². The highest BCUT2D eigenvalue weighted by Gasteiger charge is 2.11. The van der Waals surface area contributed by atoms with Crippen molar-refractivity contribution in [1.29, 1.82) is 0 Å². The predicted octanol–water partition coefficient (Wildman–Crippen LogP) is 2.05. The zero-order valence-electron chi connectivity index (χ0n) is 7.37. The maximum absolute atomic E-state index is 5.08. The number of methoxy groups -OCH3 is 3. The molecule has 0 spiro atoms. The highest BCUT2D eigenvalue weighted by atomic mass is 32.1. The quantitative estimate of drug-likeness (QED) is 0.677. The molecule has 0 aliphatic carbocycles. The first kappa shape index (κ1) is 9.51. The molecule has 1 aromatic rings. The molecule has 12 heavy (non-hydrogen) atoms. The number of hydrogen-bond acceptors (Lipinski definition) is 4. The highest BCUT2D eigenvalue weighted by molar-refractivity contribution is 7.10. The molecule has 0 saturated heterocycles. The second kappa shape index (κ2) is 4.45. The molecule has 0 aliphatic rings. The molecule has 0 radical (unpaired) electrons. The normalized spacial score (nSPS) is 10.7. The van der Waals surface area contributed by atoms with Crippen LogP contribution in [0.2, 0.25) is 0 Å². The van der Waals surface area contributed by atoms with Crippen LogP contribution in [0.1, 0.15) is 11.2 Å². The van der Waals surface area contributed by atoms with E-state index in [1.54, 1.807) is 32.7 Å². The van der Waals surface area contributed by atoms with Gasteiger partial charge in [-0.3, -0.25) is 0 Å². The van der Waals surface area contributed by atoms with Crippen molar-refractivity contribution < 1.29 is 14.2 Å². The van der Waals surface area contributed by atoms with Crippen molar-refractivity contribution >= 4 is 11.3 Å². The summed E-state index contributed by atoms with van der Waals surface area (Å²) in [6.07, 6.45) is -0.279. The van der Waals surface area contributed by atoms with Gasteiger partial charge in [-0.05, 0) is 6.07 Å². The first-order valence-corrected chi connectivity index (χ1v) is 4.37. The second-order valence-electron chi connectivity index (χ2n) is 2.19. The zero-order chi connectivity index (χ0) is 8.97. The Kier molecular flexibility index (Phi) is 3.52. The Morgan fingerprint density at radius 1 is 1.25 bits per heavy atom. The maximum atomic E-state index is 5.08. The topological polar surface area (TPSA) is 27.7 Å². The number of hydrogen-bond donors (Lipinski definition) is 0. The Morgan fingerprint density at radius 2 is 1.92 bits per heavy atom. The summed E-state index contributed by atoms with van der Waals surface area (Å²) in [6, 6.07) is 1.91. The summed E-state index contributed by atoms with van der Waals surface area (Å²) in [5.41, 5.74) is 0. The van der Waals surface area contributed by atoms with Gasteiger partial charge in [-0.15, -0.1) is 11.3 Å². The summed E-state index contributed by atoms with van der Waals surface area (Å²) in [6.45, 7) is 0. The molecular formula is C8H12O3S. The molecular weight excluding hydrogens is 176 g/mol. The van der Waals surface area contributed by atoms with Crippen molar-refractivity contribution in [1.82, 2.24) is 0 Å². The van der Waals surface area contributed by atoms with Gasteiger partial charge in [0.1, 0.15) is 5.75 Å². The lowest BCUT2D eigenvalue weighted by Crippen LogP contribution is -2.00. The third-order valence-corrected chi connectivity index (χ3v) is 2.42. The average Bonchev–Trinajstić information content (AvgIpc) is 2.55. The van der Waals surface area contributed by atoms with Crippen LogP contribution in [0.3, 0.4) is 0 Å². The first-order chi connectivity index (χ1) is 5.81. The van der Waals surface area contributed by atoms with Gasteiger partial charge in [0, 0.05) is 19.6 Å². The van der Waals surface area contributed by atoms with Crippen molar-refractivity contribution in [3.8, 4) is 5.75 Å². The Morgan fingerprint density at radius 3 is 2.33 bits per heavy atom. The molecule has 1 heterocycles. The fraction of sp³-hybridized carbons (Fsp3) is 0.500. The molecule has 0 bridgehead atoms. The molecule has 3 nitrogen and oxygen atoms in total. The van der Waals surface area contributed by atoms with Crippen LogP contribution in [-0.2, 0) is 9.47 Å². The van der Waals surface area contributed by atoms with Crippen LogP contribution in [0.25, 0.3) is 0 Å². The van der Waals surface area contributed by atoms with E-state index in [9.17, 15) is 0 Å². The largest absolute Gasteiger partial charge is 0.496 e. The van der Waals surface area contributed by atoms with Gasteiger partial charge in [0.25, 0.3) is 0 Å². The smallest absolute Gasteiger partial charge is 0.192 e. The van der Waals surface area contributed by atoms with Gasteiger partial charge in [0.15, 0.2) is 6.29 Å². The fourth-order valence-corrected chi connectivity index (χ4v) is 1.80. The van der Waals surface area contributed by atoms with E-state index in [2.05, 4.69) is 0 Å². The van der Waals surface area contributed by atoms with Crippen LogP contribution in [-0.4, -0.2) is 21.3 Å². The van der Waals surface area contributed by atoms with Crippen LogP contribution in [0.15, 0.2) is 11.4 Å². The zero-order valence-corrected chi connectivity index (χ0v) is 8.18. The molecule has 0 atom stereocenters. The minimum atomic E-state index is -0.279.